The lowest BCUT2D eigenvalue weighted by Crippen LogP contribution is -2.27. The van der Waals surface area contributed by atoms with Gasteiger partial charge in [0.1, 0.15) is 0 Å². The molecule has 0 aliphatic rings. The first-order valence-electron chi connectivity index (χ1n) is 8.10. The van der Waals surface area contributed by atoms with Crippen molar-refractivity contribution < 1.29 is 13.2 Å². The van der Waals surface area contributed by atoms with Gasteiger partial charge in [-0.05, 0) is 36.2 Å². The van der Waals surface area contributed by atoms with Gasteiger partial charge in [-0.15, -0.1) is 0 Å². The number of sulfonamides is 1. The number of nitrogens with zero attached hydrogens (tertiary/aromatic N) is 1. The Morgan fingerprint density at radius 3 is 2.48 bits per heavy atom. The van der Waals surface area contributed by atoms with Gasteiger partial charge in [-0.1, -0.05) is 41.9 Å². The summed E-state index contributed by atoms with van der Waals surface area (Å²) in [6, 6.07) is 15.4. The molecule has 7 nitrogen and oxygen atoms in total. The number of anilines is 1. The smallest absolute Gasteiger partial charge is 0.273 e. The number of halogens is 1. The monoisotopic (exact) mass is 404 g/mol. The standard InChI is InChI=1S/C18H17ClN4O3S/c19-14-6-8-15(9-7-14)27(25,26)23-16-12-21-22-17(16)18(24)20-11-10-13-4-2-1-3-5-13/h1-9,12,23H,10-11H2,(H,20,24)(H,21,22). The van der Waals surface area contributed by atoms with Gasteiger partial charge in [0.15, 0.2) is 5.69 Å². The molecule has 0 aliphatic heterocycles. The molecule has 0 saturated heterocycles. The molecule has 3 rings (SSSR count). The van der Waals surface area contributed by atoms with Gasteiger partial charge in [-0.2, -0.15) is 5.10 Å². The third-order valence-corrected chi connectivity index (χ3v) is 5.40. The fourth-order valence-corrected chi connectivity index (χ4v) is 3.59. The fourth-order valence-electron chi connectivity index (χ4n) is 2.41. The Balaban J connectivity index is 1.66. The van der Waals surface area contributed by atoms with Crippen LogP contribution in [0.5, 0.6) is 0 Å². The minimum Gasteiger partial charge on any atom is -0.350 e. The normalized spacial score (nSPS) is 11.1. The van der Waals surface area contributed by atoms with E-state index in [4.69, 9.17) is 11.6 Å². The lowest BCUT2D eigenvalue weighted by Gasteiger charge is -2.09. The van der Waals surface area contributed by atoms with Crippen LogP contribution in [-0.2, 0) is 16.4 Å². The third kappa shape index (κ3) is 4.87. The van der Waals surface area contributed by atoms with Crippen LogP contribution >= 0.6 is 11.6 Å². The Hall–Kier alpha value is -2.84. The SMILES string of the molecule is O=C(NCCc1ccccc1)c1n[nH]cc1NS(=O)(=O)c1ccc(Cl)cc1. The van der Waals surface area contributed by atoms with Crippen LogP contribution in [-0.4, -0.2) is 31.1 Å². The largest absolute Gasteiger partial charge is 0.350 e. The predicted octanol–water partition coefficient (Wildman–Crippen LogP) is 2.84. The molecule has 27 heavy (non-hydrogen) atoms. The van der Waals surface area contributed by atoms with Crippen LogP contribution in [0.15, 0.2) is 65.7 Å². The number of rotatable bonds is 7. The van der Waals surface area contributed by atoms with Gasteiger partial charge in [-0.25, -0.2) is 8.42 Å². The number of aromatic amines is 1. The van der Waals surface area contributed by atoms with Crippen LogP contribution in [0.2, 0.25) is 5.02 Å². The molecule has 2 aromatic carbocycles. The maximum Gasteiger partial charge on any atom is 0.273 e. The fraction of sp³-hybridized carbons (Fsp3) is 0.111. The first-order chi connectivity index (χ1) is 13.0. The van der Waals surface area contributed by atoms with Gasteiger partial charge >= 0.3 is 0 Å². The van der Waals surface area contributed by atoms with Crippen molar-refractivity contribution in [3.05, 3.63) is 77.1 Å². The molecule has 140 valence electrons. The molecule has 0 atom stereocenters. The summed E-state index contributed by atoms with van der Waals surface area (Å²) in [6.07, 6.45) is 1.97. The van der Waals surface area contributed by atoms with Crippen molar-refractivity contribution in [2.75, 3.05) is 11.3 Å². The molecule has 3 aromatic rings. The van der Waals surface area contributed by atoms with Crippen molar-refractivity contribution in [2.24, 2.45) is 0 Å². The number of carbonyl (C=O) groups is 1. The first kappa shape index (κ1) is 18.9. The molecule has 1 aromatic heterocycles. The zero-order valence-electron chi connectivity index (χ0n) is 14.1. The first-order valence-corrected chi connectivity index (χ1v) is 9.96. The number of amides is 1. The highest BCUT2D eigenvalue weighted by atomic mass is 35.5. The van der Waals surface area contributed by atoms with E-state index < -0.39 is 15.9 Å². The van der Waals surface area contributed by atoms with E-state index in [2.05, 4.69) is 20.2 Å². The quantitative estimate of drug-likeness (QED) is 0.563. The number of H-pyrrole nitrogens is 1. The molecule has 3 N–H and O–H groups in total. The highest BCUT2D eigenvalue weighted by Crippen LogP contribution is 2.20. The average molecular weight is 405 g/mol. The van der Waals surface area contributed by atoms with Crippen LogP contribution in [0, 0.1) is 0 Å². The van der Waals surface area contributed by atoms with Gasteiger partial charge in [0, 0.05) is 17.8 Å². The van der Waals surface area contributed by atoms with E-state index >= 15 is 0 Å². The van der Waals surface area contributed by atoms with Crippen LogP contribution < -0.4 is 10.0 Å². The van der Waals surface area contributed by atoms with E-state index in [0.29, 0.717) is 18.0 Å². The van der Waals surface area contributed by atoms with Crippen molar-refractivity contribution in [2.45, 2.75) is 11.3 Å². The molecule has 9 heteroatoms. The second-order valence-electron chi connectivity index (χ2n) is 5.70. The summed E-state index contributed by atoms with van der Waals surface area (Å²) in [4.78, 5) is 12.4. The van der Waals surface area contributed by atoms with Crippen molar-refractivity contribution in [3.63, 3.8) is 0 Å². The molecule has 0 aliphatic carbocycles. The second-order valence-corrected chi connectivity index (χ2v) is 7.82. The van der Waals surface area contributed by atoms with E-state index in [-0.39, 0.29) is 16.3 Å². The molecular formula is C18H17ClN4O3S. The summed E-state index contributed by atoms with van der Waals surface area (Å²) in [6.45, 7) is 0.402. The molecular weight excluding hydrogens is 388 g/mol. The van der Waals surface area contributed by atoms with Crippen LogP contribution in [0.3, 0.4) is 0 Å². The van der Waals surface area contributed by atoms with Crippen molar-refractivity contribution in [1.82, 2.24) is 15.5 Å². The summed E-state index contributed by atoms with van der Waals surface area (Å²) >= 11 is 5.78. The third-order valence-electron chi connectivity index (χ3n) is 3.77. The van der Waals surface area contributed by atoms with Crippen LogP contribution in [0.25, 0.3) is 0 Å². The molecule has 0 saturated carbocycles. The van der Waals surface area contributed by atoms with Crippen molar-refractivity contribution >= 4 is 33.2 Å². The Labute approximate surface area is 161 Å². The van der Waals surface area contributed by atoms with E-state index in [9.17, 15) is 13.2 Å². The van der Waals surface area contributed by atoms with E-state index in [1.165, 1.54) is 30.5 Å². The van der Waals surface area contributed by atoms with Crippen molar-refractivity contribution in [3.8, 4) is 0 Å². The number of aromatic nitrogens is 2. The molecule has 0 radical (unpaired) electrons. The molecule has 1 heterocycles. The summed E-state index contributed by atoms with van der Waals surface area (Å²) in [5, 5.41) is 9.52. The second kappa shape index (κ2) is 8.24. The van der Waals surface area contributed by atoms with E-state index in [0.717, 1.165) is 5.56 Å². The Kier molecular flexibility index (Phi) is 5.78. The van der Waals surface area contributed by atoms with E-state index in [1.807, 2.05) is 30.3 Å². The summed E-state index contributed by atoms with van der Waals surface area (Å²) < 4.78 is 27.3. The topological polar surface area (TPSA) is 104 Å². The number of carbonyl (C=O) groups excluding carboxylic acids is 1. The number of hydrogen-bond donors (Lipinski definition) is 3. The number of hydrogen-bond acceptors (Lipinski definition) is 4. The van der Waals surface area contributed by atoms with Crippen LogP contribution in [0.4, 0.5) is 5.69 Å². The molecule has 0 spiro atoms. The molecule has 0 fully saturated rings. The average Bonchev–Trinajstić information content (AvgIpc) is 3.10. The summed E-state index contributed by atoms with van der Waals surface area (Å²) in [7, 11) is -3.87. The summed E-state index contributed by atoms with van der Waals surface area (Å²) in [5.74, 6) is -0.471. The Morgan fingerprint density at radius 1 is 1.07 bits per heavy atom. The number of benzene rings is 2. The van der Waals surface area contributed by atoms with E-state index in [1.54, 1.807) is 0 Å². The zero-order chi connectivity index (χ0) is 19.3. The van der Waals surface area contributed by atoms with Gasteiger partial charge in [-0.3, -0.25) is 14.6 Å². The van der Waals surface area contributed by atoms with Gasteiger partial charge in [0.2, 0.25) is 0 Å². The maximum atomic E-state index is 12.5. The van der Waals surface area contributed by atoms with Gasteiger partial charge < -0.3 is 5.32 Å². The lowest BCUT2D eigenvalue weighted by molar-refractivity contribution is 0.0950. The van der Waals surface area contributed by atoms with Crippen LogP contribution in [0.1, 0.15) is 16.1 Å². The Morgan fingerprint density at radius 2 is 1.78 bits per heavy atom. The predicted molar refractivity (Wildman–Crippen MR) is 103 cm³/mol. The summed E-state index contributed by atoms with van der Waals surface area (Å²) in [5.41, 5.74) is 1.13. The zero-order valence-corrected chi connectivity index (χ0v) is 15.7. The molecule has 1 amide bonds. The lowest BCUT2D eigenvalue weighted by atomic mass is 10.1. The molecule has 0 bridgehead atoms. The minimum absolute atomic E-state index is 0.0272. The highest BCUT2D eigenvalue weighted by molar-refractivity contribution is 7.92. The number of nitrogens with one attached hydrogen (secondary N) is 3. The maximum absolute atomic E-state index is 12.5. The minimum atomic E-state index is -3.87. The van der Waals surface area contributed by atoms with Crippen molar-refractivity contribution in [1.29, 1.82) is 0 Å². The van der Waals surface area contributed by atoms with Gasteiger partial charge in [0.05, 0.1) is 10.6 Å². The Bertz CT molecular complexity index is 1020. The highest BCUT2D eigenvalue weighted by Gasteiger charge is 2.20. The molecule has 0 unspecified atom stereocenters. The van der Waals surface area contributed by atoms with Gasteiger partial charge in [0.25, 0.3) is 15.9 Å².